The fourth-order valence-corrected chi connectivity index (χ4v) is 5.50. The summed E-state index contributed by atoms with van der Waals surface area (Å²) >= 11 is 1.12. The van der Waals surface area contributed by atoms with Gasteiger partial charge in [0.15, 0.2) is 5.60 Å². The molecule has 35 heavy (non-hydrogen) atoms. The van der Waals surface area contributed by atoms with Crippen LogP contribution >= 0.6 is 11.3 Å². The minimum absolute atomic E-state index is 0.0412. The van der Waals surface area contributed by atoms with Gasteiger partial charge in [0, 0.05) is 5.92 Å². The van der Waals surface area contributed by atoms with Gasteiger partial charge in [0.2, 0.25) is 0 Å². The summed E-state index contributed by atoms with van der Waals surface area (Å²) in [4.78, 5) is 42.0. The maximum Gasteiger partial charge on any atom is 0.407 e. The molecule has 3 aromatic rings. The summed E-state index contributed by atoms with van der Waals surface area (Å²) in [5.74, 6) is -1.78. The first kappa shape index (κ1) is 23.0. The normalized spacial score (nSPS) is 15.7. The van der Waals surface area contributed by atoms with E-state index in [1.807, 2.05) is 36.4 Å². The lowest BCUT2D eigenvalue weighted by Gasteiger charge is -2.42. The second kappa shape index (κ2) is 8.79. The number of benzene rings is 2. The van der Waals surface area contributed by atoms with Gasteiger partial charge < -0.3 is 25.2 Å². The average Bonchev–Trinajstić information content (AvgIpc) is 3.36. The summed E-state index contributed by atoms with van der Waals surface area (Å²) in [6.07, 6.45) is -0.582. The van der Waals surface area contributed by atoms with Crippen LogP contribution in [0.4, 0.5) is 4.79 Å². The van der Waals surface area contributed by atoms with Crippen LogP contribution in [-0.4, -0.2) is 63.4 Å². The lowest BCUT2D eigenvalue weighted by Crippen LogP contribution is -2.67. The van der Waals surface area contributed by atoms with Gasteiger partial charge in [0.25, 0.3) is 5.91 Å². The zero-order valence-corrected chi connectivity index (χ0v) is 19.7. The molecule has 2 amide bonds. The number of aryl methyl sites for hydroxylation is 1. The molecule has 180 valence electrons. The van der Waals surface area contributed by atoms with E-state index in [9.17, 15) is 19.5 Å². The number of carboxylic acids is 1. The molecule has 0 unspecified atom stereocenters. The van der Waals surface area contributed by atoms with E-state index in [0.29, 0.717) is 15.6 Å². The number of ether oxygens (including phenoxy) is 1. The Morgan fingerprint density at radius 3 is 2.31 bits per heavy atom. The van der Waals surface area contributed by atoms with Crippen molar-refractivity contribution in [2.75, 3.05) is 19.7 Å². The number of aromatic nitrogens is 1. The molecule has 1 saturated heterocycles. The third-order valence-corrected chi connectivity index (χ3v) is 7.50. The zero-order valence-electron chi connectivity index (χ0n) is 18.9. The van der Waals surface area contributed by atoms with Crippen molar-refractivity contribution >= 4 is 29.3 Å². The maximum atomic E-state index is 12.6. The molecule has 2 aromatic carbocycles. The second-order valence-electron chi connectivity index (χ2n) is 8.70. The van der Waals surface area contributed by atoms with Crippen molar-refractivity contribution in [1.29, 1.82) is 0 Å². The number of rotatable bonds is 6. The molecular weight excluding hydrogens is 470 g/mol. The molecule has 2 aliphatic rings. The Bertz CT molecular complexity index is 1280. The highest BCUT2D eigenvalue weighted by Crippen LogP contribution is 2.44. The lowest BCUT2D eigenvalue weighted by atomic mass is 9.94. The predicted molar refractivity (Wildman–Crippen MR) is 127 cm³/mol. The number of nitrogens with one attached hydrogen (secondary N) is 1. The Morgan fingerprint density at radius 1 is 1.11 bits per heavy atom. The number of aliphatic carboxylic acids is 1. The predicted octanol–water partition coefficient (Wildman–Crippen LogP) is 2.76. The second-order valence-corrected chi connectivity index (χ2v) is 9.78. The van der Waals surface area contributed by atoms with Gasteiger partial charge in [-0.2, -0.15) is 0 Å². The van der Waals surface area contributed by atoms with Crippen molar-refractivity contribution in [2.45, 2.75) is 25.0 Å². The van der Waals surface area contributed by atoms with Crippen LogP contribution in [0.15, 0.2) is 48.5 Å². The molecule has 0 bridgehead atoms. The number of alkyl carbamates (subject to hydrolysis) is 1. The largest absolute Gasteiger partial charge is 0.479 e. The first-order chi connectivity index (χ1) is 16.8. The maximum absolute atomic E-state index is 12.6. The number of aliphatic hydroxyl groups is 1. The van der Waals surface area contributed by atoms with Gasteiger partial charge in [-0.05, 0) is 29.2 Å². The molecule has 0 atom stereocenters. The Hall–Kier alpha value is -3.76. The molecular formula is C25H23N3O6S. The Kier molecular flexibility index (Phi) is 5.78. The van der Waals surface area contributed by atoms with Crippen molar-refractivity contribution in [3.05, 3.63) is 75.2 Å². The van der Waals surface area contributed by atoms with Crippen molar-refractivity contribution in [1.82, 2.24) is 15.2 Å². The summed E-state index contributed by atoms with van der Waals surface area (Å²) in [6.45, 7) is 1.41. The molecule has 2 heterocycles. The van der Waals surface area contributed by atoms with Gasteiger partial charge in [-0.15, -0.1) is 11.3 Å². The van der Waals surface area contributed by atoms with Crippen LogP contribution in [0.25, 0.3) is 11.1 Å². The van der Waals surface area contributed by atoms with E-state index >= 15 is 0 Å². The number of likely N-dealkylation sites (tertiary alicyclic amines) is 1. The van der Waals surface area contributed by atoms with E-state index in [-0.39, 0.29) is 32.2 Å². The minimum atomic E-state index is -1.90. The number of carbonyl (C=O) groups is 3. The van der Waals surface area contributed by atoms with Gasteiger partial charge in [0.1, 0.15) is 16.5 Å². The first-order valence-electron chi connectivity index (χ1n) is 11.1. The standard InChI is InChI=1S/C25H23N3O6S/c1-14-21(22(29)28-12-25(33,13-28)23(30)31)35-20(27-14)10-26-24(32)34-11-19-17-8-4-2-6-15(17)16-7-3-5-9-18(16)19/h2-9,19,33H,10-13H2,1H3,(H,26,32)(H,30,31). The molecule has 1 fully saturated rings. The SMILES string of the molecule is Cc1nc(CNC(=O)OCC2c3ccccc3-c3ccccc32)sc1C(=O)N1CC(O)(C(=O)O)C1. The summed E-state index contributed by atoms with van der Waals surface area (Å²) < 4.78 is 5.52. The van der Waals surface area contributed by atoms with Crippen LogP contribution in [0, 0.1) is 6.92 Å². The van der Waals surface area contributed by atoms with E-state index in [0.717, 1.165) is 33.6 Å². The van der Waals surface area contributed by atoms with E-state index in [1.54, 1.807) is 6.92 Å². The van der Waals surface area contributed by atoms with Crippen molar-refractivity contribution in [2.24, 2.45) is 0 Å². The molecule has 1 aliphatic carbocycles. The number of hydrogen-bond donors (Lipinski definition) is 3. The number of hydrogen-bond acceptors (Lipinski definition) is 7. The molecule has 3 N–H and O–H groups in total. The topological polar surface area (TPSA) is 129 Å². The fourth-order valence-electron chi connectivity index (χ4n) is 4.53. The van der Waals surface area contributed by atoms with E-state index < -0.39 is 23.6 Å². The van der Waals surface area contributed by atoms with E-state index in [4.69, 9.17) is 9.84 Å². The van der Waals surface area contributed by atoms with Crippen molar-refractivity contribution in [3.63, 3.8) is 0 Å². The van der Waals surface area contributed by atoms with Gasteiger partial charge in [0.05, 0.1) is 25.3 Å². The quantitative estimate of drug-likeness (QED) is 0.482. The molecule has 0 saturated carbocycles. The number of nitrogens with zero attached hydrogens (tertiary/aromatic N) is 2. The van der Waals surface area contributed by atoms with Gasteiger partial charge in [-0.3, -0.25) is 4.79 Å². The molecule has 0 spiro atoms. The van der Waals surface area contributed by atoms with Gasteiger partial charge >= 0.3 is 12.1 Å². The Morgan fingerprint density at radius 2 is 1.71 bits per heavy atom. The third kappa shape index (κ3) is 4.15. The molecule has 1 aromatic heterocycles. The van der Waals surface area contributed by atoms with Crippen LogP contribution in [0.1, 0.15) is 37.4 Å². The molecule has 9 nitrogen and oxygen atoms in total. The number of fused-ring (bicyclic) bond motifs is 3. The third-order valence-electron chi connectivity index (χ3n) is 6.35. The van der Waals surface area contributed by atoms with Gasteiger partial charge in [-0.25, -0.2) is 14.6 Å². The number of amides is 2. The first-order valence-corrected chi connectivity index (χ1v) is 11.9. The summed E-state index contributed by atoms with van der Waals surface area (Å²) in [5, 5.41) is 22.0. The highest BCUT2D eigenvalue weighted by molar-refractivity contribution is 7.13. The molecule has 0 radical (unpaired) electrons. The summed E-state index contributed by atoms with van der Waals surface area (Å²) in [5.41, 5.74) is 3.13. The van der Waals surface area contributed by atoms with Crippen LogP contribution in [-0.2, 0) is 16.1 Å². The highest BCUT2D eigenvalue weighted by Gasteiger charge is 2.50. The smallest absolute Gasteiger partial charge is 0.407 e. The highest BCUT2D eigenvalue weighted by atomic mass is 32.1. The monoisotopic (exact) mass is 493 g/mol. The summed E-state index contributed by atoms with van der Waals surface area (Å²) in [6, 6.07) is 16.2. The number of carboxylic acid groups (broad SMARTS) is 1. The van der Waals surface area contributed by atoms with Crippen LogP contribution < -0.4 is 5.32 Å². The fraction of sp³-hybridized carbons (Fsp3) is 0.280. The number of carbonyl (C=O) groups excluding carboxylic acids is 2. The van der Waals surface area contributed by atoms with Crippen LogP contribution in [0.3, 0.4) is 0 Å². The van der Waals surface area contributed by atoms with E-state index in [1.165, 1.54) is 4.90 Å². The molecule has 5 rings (SSSR count). The molecule has 1 aliphatic heterocycles. The van der Waals surface area contributed by atoms with Gasteiger partial charge in [-0.1, -0.05) is 48.5 Å². The van der Waals surface area contributed by atoms with Crippen molar-refractivity contribution in [3.8, 4) is 11.1 Å². The lowest BCUT2D eigenvalue weighted by molar-refractivity contribution is -0.173. The Labute approximate surface area is 205 Å². The Balaban J connectivity index is 1.17. The minimum Gasteiger partial charge on any atom is -0.479 e. The average molecular weight is 494 g/mol. The van der Waals surface area contributed by atoms with E-state index in [2.05, 4.69) is 22.4 Å². The molecule has 10 heteroatoms. The zero-order chi connectivity index (χ0) is 24.7. The van der Waals surface area contributed by atoms with Crippen LogP contribution in [0.2, 0.25) is 0 Å². The van der Waals surface area contributed by atoms with Crippen LogP contribution in [0.5, 0.6) is 0 Å². The number of β-amino-alcohol motifs (C(OH)–C–C–N with tert-alkyl or cyclic N) is 1. The summed E-state index contributed by atoms with van der Waals surface area (Å²) in [7, 11) is 0. The van der Waals surface area contributed by atoms with Crippen molar-refractivity contribution < 1.29 is 29.3 Å². The number of thiazole rings is 1.